The molecular weight excluding hydrogens is 937 g/mol. The van der Waals surface area contributed by atoms with Crippen LogP contribution in [0.1, 0.15) is 387 Å². The minimum Gasteiger partial charge on any atom is -0.462 e. The van der Waals surface area contributed by atoms with Crippen molar-refractivity contribution in [3.63, 3.8) is 0 Å². The van der Waals surface area contributed by atoms with Crippen molar-refractivity contribution in [3.8, 4) is 0 Å². The first-order valence-corrected chi connectivity index (χ1v) is 34.3. The van der Waals surface area contributed by atoms with Crippen LogP contribution in [0.25, 0.3) is 0 Å². The fourth-order valence-corrected chi connectivity index (χ4v) is 10.5. The zero-order chi connectivity index (χ0) is 55.0. The van der Waals surface area contributed by atoms with Crippen molar-refractivity contribution in [1.82, 2.24) is 0 Å². The minimum atomic E-state index is -0.773. The van der Waals surface area contributed by atoms with E-state index in [-0.39, 0.29) is 31.1 Å². The molecule has 1 atom stereocenters. The molecule has 76 heavy (non-hydrogen) atoms. The molecule has 0 saturated heterocycles. The van der Waals surface area contributed by atoms with E-state index in [1.54, 1.807) is 0 Å². The number of unbranched alkanes of at least 4 members (excludes halogenated alkanes) is 49. The molecule has 6 heteroatoms. The molecule has 1 unspecified atom stereocenters. The third-order valence-electron chi connectivity index (χ3n) is 15.7. The molecule has 448 valence electrons. The third-order valence-corrected chi connectivity index (χ3v) is 15.7. The molecule has 0 amide bonds. The summed E-state index contributed by atoms with van der Waals surface area (Å²) in [6.07, 6.45) is 79.6. The van der Waals surface area contributed by atoms with Crippen molar-refractivity contribution in [3.05, 3.63) is 24.3 Å². The smallest absolute Gasteiger partial charge is 0.306 e. The topological polar surface area (TPSA) is 78.9 Å². The van der Waals surface area contributed by atoms with E-state index in [4.69, 9.17) is 14.2 Å². The van der Waals surface area contributed by atoms with Gasteiger partial charge < -0.3 is 14.2 Å². The first-order valence-electron chi connectivity index (χ1n) is 34.3. The first-order chi connectivity index (χ1) is 37.5. The van der Waals surface area contributed by atoms with E-state index < -0.39 is 6.10 Å². The van der Waals surface area contributed by atoms with Crippen molar-refractivity contribution in [2.45, 2.75) is 393 Å². The summed E-state index contributed by atoms with van der Waals surface area (Å²) in [6.45, 7) is 6.61. The van der Waals surface area contributed by atoms with Crippen molar-refractivity contribution >= 4 is 17.9 Å². The summed E-state index contributed by atoms with van der Waals surface area (Å²) >= 11 is 0. The second-order valence-electron chi connectivity index (χ2n) is 23.5. The highest BCUT2D eigenvalue weighted by Gasteiger charge is 2.19. The molecule has 0 aliphatic rings. The number of hydrogen-bond acceptors (Lipinski definition) is 6. The van der Waals surface area contributed by atoms with E-state index in [0.717, 1.165) is 89.9 Å². The van der Waals surface area contributed by atoms with Crippen LogP contribution in [0.5, 0.6) is 0 Å². The van der Waals surface area contributed by atoms with Crippen molar-refractivity contribution in [1.29, 1.82) is 0 Å². The summed E-state index contributed by atoms with van der Waals surface area (Å²) in [7, 11) is 0. The highest BCUT2D eigenvalue weighted by molar-refractivity contribution is 5.71. The van der Waals surface area contributed by atoms with E-state index in [1.165, 1.54) is 257 Å². The zero-order valence-electron chi connectivity index (χ0n) is 51.6. The maximum Gasteiger partial charge on any atom is 0.306 e. The molecule has 0 bridgehead atoms. The van der Waals surface area contributed by atoms with Crippen LogP contribution in [0.3, 0.4) is 0 Å². The van der Waals surface area contributed by atoms with Gasteiger partial charge in [-0.1, -0.05) is 347 Å². The number of hydrogen-bond donors (Lipinski definition) is 0. The average molecular weight is 1070 g/mol. The molecule has 0 aromatic heterocycles. The molecule has 0 saturated carbocycles. The van der Waals surface area contributed by atoms with Gasteiger partial charge in [0.2, 0.25) is 0 Å². The summed E-state index contributed by atoms with van der Waals surface area (Å²) in [5.41, 5.74) is 0. The maximum atomic E-state index is 12.8. The van der Waals surface area contributed by atoms with E-state index in [1.807, 2.05) is 0 Å². The molecule has 6 nitrogen and oxygen atoms in total. The van der Waals surface area contributed by atoms with Gasteiger partial charge in [0.1, 0.15) is 13.2 Å². The Morgan fingerprint density at radius 1 is 0.263 bits per heavy atom. The van der Waals surface area contributed by atoms with Crippen LogP contribution in [-0.4, -0.2) is 37.2 Å². The van der Waals surface area contributed by atoms with E-state index in [9.17, 15) is 14.4 Å². The second-order valence-corrected chi connectivity index (χ2v) is 23.5. The lowest BCUT2D eigenvalue weighted by Crippen LogP contribution is -2.30. The predicted molar refractivity (Wildman–Crippen MR) is 330 cm³/mol. The Labute approximate surface area is 474 Å². The lowest BCUT2D eigenvalue weighted by Gasteiger charge is -2.18. The molecule has 0 aliphatic heterocycles. The third kappa shape index (κ3) is 62.7. The van der Waals surface area contributed by atoms with Gasteiger partial charge in [0.15, 0.2) is 6.10 Å². The van der Waals surface area contributed by atoms with Gasteiger partial charge in [-0.25, -0.2) is 0 Å². The fraction of sp³-hybridized carbons (Fsp3) is 0.900. The monoisotopic (exact) mass is 1070 g/mol. The van der Waals surface area contributed by atoms with E-state index in [0.29, 0.717) is 19.3 Å². The first kappa shape index (κ1) is 73.9. The zero-order valence-corrected chi connectivity index (χ0v) is 51.6. The lowest BCUT2D eigenvalue weighted by atomic mass is 10.0. The second kappa shape index (κ2) is 65.4. The lowest BCUT2D eigenvalue weighted by molar-refractivity contribution is -0.167. The summed E-state index contributed by atoms with van der Waals surface area (Å²) in [5.74, 6) is -0.865. The Kier molecular flexibility index (Phi) is 63.6. The summed E-state index contributed by atoms with van der Waals surface area (Å²) in [4.78, 5) is 38.1. The van der Waals surface area contributed by atoms with Gasteiger partial charge in [0, 0.05) is 19.3 Å². The number of allylic oxidation sites excluding steroid dienone is 4. The normalized spacial score (nSPS) is 12.1. The summed E-state index contributed by atoms with van der Waals surface area (Å²) < 4.78 is 16.9. The molecule has 0 aliphatic carbocycles. The molecule has 0 fully saturated rings. The molecule has 0 aromatic rings. The highest BCUT2D eigenvalue weighted by Crippen LogP contribution is 2.19. The van der Waals surface area contributed by atoms with Gasteiger partial charge in [0.05, 0.1) is 0 Å². The number of rotatable bonds is 64. The standard InChI is InChI=1S/C70H132O6/c1-4-7-10-13-16-19-22-24-25-26-27-28-29-30-31-32-33-34-35-36-37-38-39-40-41-42-43-44-45-47-48-51-54-57-60-63-69(72)75-66-67(65-74-68(71)62-59-56-53-50-21-18-15-12-9-6-3)76-70(73)64-61-58-55-52-49-46-23-20-17-14-11-8-5-2/h11,14,20,23,67H,4-10,12-13,15-19,21-22,24-66H2,1-3H3/b14-11-,23-20-. The Morgan fingerprint density at radius 3 is 0.776 bits per heavy atom. The quantitative estimate of drug-likeness (QED) is 0.0261. The fourth-order valence-electron chi connectivity index (χ4n) is 10.5. The molecule has 0 N–H and O–H groups in total. The Balaban J connectivity index is 3.93. The number of carbonyl (C=O) groups is 3. The van der Waals surface area contributed by atoms with Crippen molar-refractivity contribution in [2.75, 3.05) is 13.2 Å². The molecule has 0 radical (unpaired) electrons. The molecule has 0 spiro atoms. The largest absolute Gasteiger partial charge is 0.462 e. The van der Waals surface area contributed by atoms with Crippen LogP contribution in [0.15, 0.2) is 24.3 Å². The van der Waals surface area contributed by atoms with Crippen molar-refractivity contribution in [2.24, 2.45) is 0 Å². The summed E-state index contributed by atoms with van der Waals surface area (Å²) in [6, 6.07) is 0. The van der Waals surface area contributed by atoms with Crippen LogP contribution in [-0.2, 0) is 28.6 Å². The van der Waals surface area contributed by atoms with Gasteiger partial charge in [0.25, 0.3) is 0 Å². The van der Waals surface area contributed by atoms with E-state index in [2.05, 4.69) is 45.1 Å². The molecule has 0 heterocycles. The Morgan fingerprint density at radius 2 is 0.500 bits per heavy atom. The Bertz CT molecular complexity index is 1230. The van der Waals surface area contributed by atoms with Crippen LogP contribution >= 0.6 is 0 Å². The number of esters is 3. The van der Waals surface area contributed by atoms with Crippen molar-refractivity contribution < 1.29 is 28.6 Å². The minimum absolute atomic E-state index is 0.0717. The van der Waals surface area contributed by atoms with Gasteiger partial charge in [-0.2, -0.15) is 0 Å². The number of ether oxygens (including phenoxy) is 3. The molecule has 0 rings (SSSR count). The summed E-state index contributed by atoms with van der Waals surface area (Å²) in [5, 5.41) is 0. The molecular formula is C70H132O6. The van der Waals surface area contributed by atoms with E-state index >= 15 is 0 Å². The van der Waals surface area contributed by atoms with Gasteiger partial charge in [-0.3, -0.25) is 14.4 Å². The average Bonchev–Trinajstić information content (AvgIpc) is 3.42. The van der Waals surface area contributed by atoms with Gasteiger partial charge in [-0.15, -0.1) is 0 Å². The van der Waals surface area contributed by atoms with Gasteiger partial charge in [-0.05, 0) is 44.9 Å². The highest BCUT2D eigenvalue weighted by atomic mass is 16.6. The Hall–Kier alpha value is -2.11. The number of carbonyl (C=O) groups excluding carboxylic acids is 3. The van der Waals surface area contributed by atoms with Crippen LogP contribution < -0.4 is 0 Å². The molecule has 0 aromatic carbocycles. The van der Waals surface area contributed by atoms with Crippen LogP contribution in [0.4, 0.5) is 0 Å². The van der Waals surface area contributed by atoms with Crippen LogP contribution in [0.2, 0.25) is 0 Å². The van der Waals surface area contributed by atoms with Gasteiger partial charge >= 0.3 is 17.9 Å². The maximum absolute atomic E-state index is 12.8. The van der Waals surface area contributed by atoms with Crippen LogP contribution in [0, 0.1) is 0 Å². The SMILES string of the molecule is CCC/C=C\C/C=C\CCCCCCCC(=O)OC(COC(=O)CCCCCCCCCCCC)COC(=O)CCCCCCCCCCCCCCCCCCCCCCCCCCCCCCCCCCCCC. The predicted octanol–water partition coefficient (Wildman–Crippen LogP) is 23.4.